The Kier molecular flexibility index (Phi) is 7.23. The summed E-state index contributed by atoms with van der Waals surface area (Å²) in [4.78, 5) is 3.49. The largest absolute Gasteiger partial charge is 0.416 e. The summed E-state index contributed by atoms with van der Waals surface area (Å²) < 4.78 is 39.7. The van der Waals surface area contributed by atoms with E-state index in [9.17, 15) is 13.2 Å². The molecule has 0 aliphatic rings. The normalized spacial score (nSPS) is 11.7. The Balaban J connectivity index is 1.78. The topological polar surface area (TPSA) is 3.24 Å². The van der Waals surface area contributed by atoms with Crippen molar-refractivity contribution in [1.29, 1.82) is 0 Å². The molecule has 3 aromatic rings. The highest BCUT2D eigenvalue weighted by atomic mass is 32.1. The number of hydrogen-bond acceptors (Lipinski definition) is 2. The Morgan fingerprint density at radius 2 is 1.70 bits per heavy atom. The Morgan fingerprint density at radius 1 is 1.00 bits per heavy atom. The van der Waals surface area contributed by atoms with Gasteiger partial charge in [-0.2, -0.15) is 13.2 Å². The standard InChI is InChI=1S/C25H26F3NS/c1-4-29(5-2)16-8-6-7-9-19-10-15-22-23(17-19)30-18(3)24(22)20-11-13-21(14-12-20)25(26,27)28/h10-15,17H,4-6,8,16H2,1-3H3. The zero-order valence-electron chi connectivity index (χ0n) is 17.6. The molecule has 1 aromatic heterocycles. The first-order valence-corrected chi connectivity index (χ1v) is 11.1. The molecule has 158 valence electrons. The second kappa shape index (κ2) is 9.68. The fourth-order valence-corrected chi connectivity index (χ4v) is 4.70. The van der Waals surface area contributed by atoms with Crippen molar-refractivity contribution in [2.45, 2.75) is 39.8 Å². The van der Waals surface area contributed by atoms with Crippen LogP contribution in [0.5, 0.6) is 0 Å². The van der Waals surface area contributed by atoms with Crippen LogP contribution in [0.1, 0.15) is 42.7 Å². The maximum Gasteiger partial charge on any atom is 0.416 e. The minimum atomic E-state index is -4.32. The van der Waals surface area contributed by atoms with Gasteiger partial charge in [-0.15, -0.1) is 11.3 Å². The number of halogens is 3. The molecule has 1 nitrogen and oxygen atoms in total. The number of aryl methyl sites for hydroxylation is 1. The van der Waals surface area contributed by atoms with E-state index in [0.717, 1.165) is 76.3 Å². The third kappa shape index (κ3) is 5.24. The molecule has 0 aliphatic heterocycles. The van der Waals surface area contributed by atoms with Gasteiger partial charge in [-0.3, -0.25) is 0 Å². The van der Waals surface area contributed by atoms with Crippen LogP contribution in [0.25, 0.3) is 21.2 Å². The number of thiophene rings is 1. The van der Waals surface area contributed by atoms with E-state index in [-0.39, 0.29) is 0 Å². The summed E-state index contributed by atoms with van der Waals surface area (Å²) in [6.07, 6.45) is -2.38. The van der Waals surface area contributed by atoms with Gasteiger partial charge in [-0.1, -0.05) is 43.9 Å². The van der Waals surface area contributed by atoms with Gasteiger partial charge in [0, 0.05) is 32.5 Å². The van der Waals surface area contributed by atoms with E-state index in [2.05, 4.69) is 36.7 Å². The fraction of sp³-hybridized carbons (Fsp3) is 0.360. The van der Waals surface area contributed by atoms with Crippen molar-refractivity contribution < 1.29 is 13.2 Å². The van der Waals surface area contributed by atoms with Gasteiger partial charge in [0.1, 0.15) is 0 Å². The van der Waals surface area contributed by atoms with Crippen LogP contribution < -0.4 is 0 Å². The first-order chi connectivity index (χ1) is 14.3. The molecule has 0 fully saturated rings. The molecule has 0 spiro atoms. The summed E-state index contributed by atoms with van der Waals surface area (Å²) in [5, 5.41) is 1.06. The lowest BCUT2D eigenvalue weighted by Gasteiger charge is -2.16. The summed E-state index contributed by atoms with van der Waals surface area (Å²) in [6, 6.07) is 11.5. The number of fused-ring (bicyclic) bond motifs is 1. The second-order valence-electron chi connectivity index (χ2n) is 7.25. The monoisotopic (exact) mass is 429 g/mol. The van der Waals surface area contributed by atoms with Crippen molar-refractivity contribution in [1.82, 2.24) is 4.90 Å². The van der Waals surface area contributed by atoms with Crippen LogP contribution in [-0.2, 0) is 6.18 Å². The lowest BCUT2D eigenvalue weighted by molar-refractivity contribution is -0.137. The van der Waals surface area contributed by atoms with Gasteiger partial charge in [0.25, 0.3) is 0 Å². The SMILES string of the molecule is CCN(CC)CCCC#Cc1ccc2c(-c3ccc(C(F)(F)F)cc3)c(C)sc2c1. The van der Waals surface area contributed by atoms with Crippen molar-refractivity contribution in [2.75, 3.05) is 19.6 Å². The van der Waals surface area contributed by atoms with Crippen molar-refractivity contribution in [3.05, 3.63) is 58.5 Å². The molecule has 0 bridgehead atoms. The predicted octanol–water partition coefficient (Wildman–Crippen LogP) is 7.37. The highest BCUT2D eigenvalue weighted by Crippen LogP contribution is 2.39. The van der Waals surface area contributed by atoms with E-state index < -0.39 is 11.7 Å². The van der Waals surface area contributed by atoms with Gasteiger partial charge in [-0.25, -0.2) is 0 Å². The number of benzene rings is 2. The Hall–Kier alpha value is -2.29. The molecular formula is C25H26F3NS. The van der Waals surface area contributed by atoms with Gasteiger partial charge in [-0.05, 0) is 62.8 Å². The number of nitrogens with zero attached hydrogens (tertiary/aromatic N) is 1. The summed E-state index contributed by atoms with van der Waals surface area (Å²) in [7, 11) is 0. The molecule has 0 aliphatic carbocycles. The van der Waals surface area contributed by atoms with E-state index in [1.54, 1.807) is 23.5 Å². The minimum Gasteiger partial charge on any atom is -0.304 e. The highest BCUT2D eigenvalue weighted by molar-refractivity contribution is 7.19. The number of hydrogen-bond donors (Lipinski definition) is 0. The van der Waals surface area contributed by atoms with Gasteiger partial charge >= 0.3 is 6.18 Å². The Labute approximate surface area is 180 Å². The molecule has 5 heteroatoms. The Morgan fingerprint density at radius 3 is 2.33 bits per heavy atom. The van der Waals surface area contributed by atoms with Crippen molar-refractivity contribution in [3.63, 3.8) is 0 Å². The molecule has 0 saturated heterocycles. The fourth-order valence-electron chi connectivity index (χ4n) is 3.58. The molecule has 0 radical (unpaired) electrons. The van der Waals surface area contributed by atoms with E-state index in [1.807, 2.05) is 19.1 Å². The molecule has 0 amide bonds. The highest BCUT2D eigenvalue weighted by Gasteiger charge is 2.30. The lowest BCUT2D eigenvalue weighted by Crippen LogP contribution is -2.23. The first kappa shape index (κ1) is 22.4. The van der Waals surface area contributed by atoms with Gasteiger partial charge in [0.2, 0.25) is 0 Å². The number of rotatable bonds is 6. The second-order valence-corrected chi connectivity index (χ2v) is 8.51. The smallest absolute Gasteiger partial charge is 0.304 e. The summed E-state index contributed by atoms with van der Waals surface area (Å²) in [5.74, 6) is 6.52. The minimum absolute atomic E-state index is 0.623. The van der Waals surface area contributed by atoms with E-state index in [4.69, 9.17) is 0 Å². The summed E-state index contributed by atoms with van der Waals surface area (Å²) in [6.45, 7) is 9.56. The molecule has 0 N–H and O–H groups in total. The van der Waals surface area contributed by atoms with Crippen LogP contribution in [0.3, 0.4) is 0 Å². The molecule has 0 atom stereocenters. The van der Waals surface area contributed by atoms with Crippen molar-refractivity contribution >= 4 is 21.4 Å². The number of unbranched alkanes of at least 4 members (excludes halogenated alkanes) is 1. The van der Waals surface area contributed by atoms with Crippen LogP contribution in [0.15, 0.2) is 42.5 Å². The van der Waals surface area contributed by atoms with Crippen LogP contribution in [0, 0.1) is 18.8 Å². The Bertz CT molecular complexity index is 1050. The lowest BCUT2D eigenvalue weighted by atomic mass is 10.00. The summed E-state index contributed by atoms with van der Waals surface area (Å²) >= 11 is 1.65. The zero-order chi connectivity index (χ0) is 21.7. The van der Waals surface area contributed by atoms with Gasteiger partial charge in [0.05, 0.1) is 5.56 Å². The van der Waals surface area contributed by atoms with Gasteiger partial charge < -0.3 is 4.90 Å². The van der Waals surface area contributed by atoms with E-state index >= 15 is 0 Å². The average Bonchev–Trinajstić information content (AvgIpc) is 3.05. The maximum atomic E-state index is 12.9. The quantitative estimate of drug-likeness (QED) is 0.292. The van der Waals surface area contributed by atoms with Crippen molar-refractivity contribution in [2.24, 2.45) is 0 Å². The number of alkyl halides is 3. The zero-order valence-corrected chi connectivity index (χ0v) is 18.4. The van der Waals surface area contributed by atoms with Crippen LogP contribution in [0.2, 0.25) is 0 Å². The predicted molar refractivity (Wildman–Crippen MR) is 121 cm³/mol. The maximum absolute atomic E-state index is 12.9. The molecule has 0 unspecified atom stereocenters. The van der Waals surface area contributed by atoms with Crippen molar-refractivity contribution in [3.8, 4) is 23.0 Å². The van der Waals surface area contributed by atoms with Crippen LogP contribution in [0.4, 0.5) is 13.2 Å². The van der Waals surface area contributed by atoms with Gasteiger partial charge in [0.15, 0.2) is 0 Å². The van der Waals surface area contributed by atoms with E-state index in [1.165, 1.54) is 0 Å². The molecular weight excluding hydrogens is 403 g/mol. The third-order valence-electron chi connectivity index (χ3n) is 5.27. The first-order valence-electron chi connectivity index (χ1n) is 10.3. The van der Waals surface area contributed by atoms with Crippen LogP contribution in [-0.4, -0.2) is 24.5 Å². The summed E-state index contributed by atoms with van der Waals surface area (Å²) in [5.41, 5.74) is 2.16. The average molecular weight is 430 g/mol. The van der Waals surface area contributed by atoms with Crippen LogP contribution >= 0.6 is 11.3 Å². The molecule has 0 saturated carbocycles. The van der Waals surface area contributed by atoms with E-state index in [0.29, 0.717) is 0 Å². The molecule has 30 heavy (non-hydrogen) atoms. The molecule has 3 rings (SSSR count). The molecule has 2 aromatic carbocycles. The molecule has 1 heterocycles. The third-order valence-corrected chi connectivity index (χ3v) is 6.34.